The number of amides is 1. The molecule has 1 amide bonds. The van der Waals surface area contributed by atoms with E-state index in [0.717, 1.165) is 12.8 Å². The highest BCUT2D eigenvalue weighted by atomic mass is 16.7. The Morgan fingerprint density at radius 1 is 0.945 bits per heavy atom. The topological polar surface area (TPSA) is 168 Å². The summed E-state index contributed by atoms with van der Waals surface area (Å²) in [7, 11) is -0.471. The molecular weight excluding hydrogens is 711 g/mol. The van der Waals surface area contributed by atoms with Gasteiger partial charge in [0.05, 0.1) is 11.7 Å². The quantitative estimate of drug-likeness (QED) is 0.100. The SMILES string of the molecule is CC(C)(C)OC(=O)N[C@@H](CCN1CC(Oc2ccc(CCB3O[C@@H]4C[C@@H]5C[C@@H](C5(C)C)[C@]4(C)O3)c(OC(=O)OC(C)(C)C)c2C(=O)OC(C)(C)C)C1)C(=O)O. The molecule has 0 unspecified atom stereocenters. The smallest absolute Gasteiger partial charge is 0.487 e. The Hall–Kier alpha value is -3.56. The van der Waals surface area contributed by atoms with E-state index in [4.69, 9.17) is 33.0 Å². The number of aliphatic carboxylic acids is 1. The van der Waals surface area contributed by atoms with Crippen LogP contribution in [0.4, 0.5) is 9.59 Å². The molecule has 3 saturated carbocycles. The van der Waals surface area contributed by atoms with Crippen molar-refractivity contribution in [2.45, 2.75) is 156 Å². The second-order valence-corrected chi connectivity index (χ2v) is 19.3. The molecule has 5 aliphatic rings. The molecule has 0 aromatic heterocycles. The number of hydrogen-bond donors (Lipinski definition) is 2. The second kappa shape index (κ2) is 15.4. The molecule has 2 aliphatic heterocycles. The first-order chi connectivity index (χ1) is 25.2. The average molecular weight is 773 g/mol. The normalized spacial score (nSPS) is 25.5. The lowest BCUT2D eigenvalue weighted by atomic mass is 9.43. The number of ether oxygens (including phenoxy) is 5. The molecule has 1 aromatic rings. The van der Waals surface area contributed by atoms with Crippen molar-refractivity contribution in [1.29, 1.82) is 0 Å². The fraction of sp³-hybridized carbons (Fsp3) is 0.750. The maximum absolute atomic E-state index is 14.0. The van der Waals surface area contributed by atoms with Gasteiger partial charge in [-0.3, -0.25) is 4.90 Å². The average Bonchev–Trinajstić information content (AvgIpc) is 3.34. The lowest BCUT2D eigenvalue weighted by molar-refractivity contribution is -0.199. The van der Waals surface area contributed by atoms with Crippen molar-refractivity contribution in [1.82, 2.24) is 10.2 Å². The van der Waals surface area contributed by atoms with Crippen molar-refractivity contribution in [2.75, 3.05) is 19.6 Å². The number of esters is 1. The van der Waals surface area contributed by atoms with Crippen LogP contribution in [0.15, 0.2) is 12.1 Å². The van der Waals surface area contributed by atoms with Crippen LogP contribution in [-0.4, -0.2) is 102 Å². The van der Waals surface area contributed by atoms with Crippen molar-refractivity contribution in [3.05, 3.63) is 23.3 Å². The van der Waals surface area contributed by atoms with E-state index >= 15 is 0 Å². The first-order valence-corrected chi connectivity index (χ1v) is 19.5. The van der Waals surface area contributed by atoms with Gasteiger partial charge >= 0.3 is 31.3 Å². The van der Waals surface area contributed by atoms with Crippen LogP contribution in [0.5, 0.6) is 11.5 Å². The van der Waals surface area contributed by atoms with E-state index in [1.54, 1.807) is 74.4 Å². The summed E-state index contributed by atoms with van der Waals surface area (Å²) in [6.45, 7) is 23.5. The maximum Gasteiger partial charge on any atom is 0.514 e. The number of alkyl carbamates (subject to hydrolysis) is 1. The molecule has 2 heterocycles. The zero-order valence-corrected chi connectivity index (χ0v) is 34.7. The Bertz CT molecular complexity index is 1620. The van der Waals surface area contributed by atoms with E-state index in [9.17, 15) is 24.3 Å². The van der Waals surface area contributed by atoms with E-state index in [-0.39, 0.29) is 46.7 Å². The van der Waals surface area contributed by atoms with Crippen LogP contribution in [0.25, 0.3) is 0 Å². The van der Waals surface area contributed by atoms with E-state index in [1.807, 2.05) is 4.90 Å². The summed E-state index contributed by atoms with van der Waals surface area (Å²) < 4.78 is 41.9. The highest BCUT2D eigenvalue weighted by Gasteiger charge is 2.67. The summed E-state index contributed by atoms with van der Waals surface area (Å²) in [6.07, 6.45) is 0.911. The van der Waals surface area contributed by atoms with Gasteiger partial charge in [-0.25, -0.2) is 19.2 Å². The molecule has 14 nitrogen and oxygen atoms in total. The molecule has 5 atom stereocenters. The van der Waals surface area contributed by atoms with Crippen molar-refractivity contribution in [3.63, 3.8) is 0 Å². The fourth-order valence-corrected chi connectivity index (χ4v) is 8.22. The number of carboxylic acids is 1. The van der Waals surface area contributed by atoms with Crippen LogP contribution in [0, 0.1) is 17.3 Å². The summed E-state index contributed by atoms with van der Waals surface area (Å²) in [5, 5.41) is 12.1. The summed E-state index contributed by atoms with van der Waals surface area (Å²) in [4.78, 5) is 53.2. The summed E-state index contributed by atoms with van der Waals surface area (Å²) in [5.41, 5.74) is -2.16. The van der Waals surface area contributed by atoms with E-state index in [1.165, 1.54) is 0 Å². The molecule has 1 aromatic carbocycles. The molecule has 15 heteroatoms. The van der Waals surface area contributed by atoms with Crippen LogP contribution >= 0.6 is 0 Å². The number of nitrogens with one attached hydrogen (secondary N) is 1. The standard InChI is InChI=1S/C40H61BN2O12/c1-36(2,3)51-33(46)30-27(49-25-21-43(22-25)18-16-26(32(44)45)42-34(47)52-37(4,5)6)14-13-23(31(30)50-35(48)53-38(7,8)9)15-17-41-54-29-20-24-19-28(39(24,10)11)40(29,12)55-41/h13-14,24-26,28-29H,15-22H2,1-12H3,(H,42,47)(H,44,45)/t24-,26-,28-,29+,40-/m0/s1. The molecule has 2 saturated heterocycles. The lowest BCUT2D eigenvalue weighted by Gasteiger charge is -2.64. The fourth-order valence-electron chi connectivity index (χ4n) is 8.22. The Kier molecular flexibility index (Phi) is 11.9. The number of rotatable bonds is 12. The van der Waals surface area contributed by atoms with E-state index in [2.05, 4.69) is 26.1 Å². The van der Waals surface area contributed by atoms with Gasteiger partial charge in [-0.05, 0) is 130 Å². The van der Waals surface area contributed by atoms with Gasteiger partial charge in [0.15, 0.2) is 5.75 Å². The number of carbonyl (C=O) groups excluding carboxylic acids is 3. The molecule has 6 rings (SSSR count). The Morgan fingerprint density at radius 3 is 2.16 bits per heavy atom. The Morgan fingerprint density at radius 2 is 1.58 bits per heavy atom. The van der Waals surface area contributed by atoms with Crippen LogP contribution in [0.1, 0.15) is 118 Å². The summed E-state index contributed by atoms with van der Waals surface area (Å²) >= 11 is 0. The van der Waals surface area contributed by atoms with E-state index in [0.29, 0.717) is 49.8 Å². The van der Waals surface area contributed by atoms with Crippen molar-refractivity contribution in [2.24, 2.45) is 17.3 Å². The predicted octanol–water partition coefficient (Wildman–Crippen LogP) is 6.66. The molecule has 55 heavy (non-hydrogen) atoms. The van der Waals surface area contributed by atoms with Gasteiger partial charge < -0.3 is 43.4 Å². The number of benzene rings is 1. The van der Waals surface area contributed by atoms with Gasteiger partial charge in [-0.2, -0.15) is 0 Å². The van der Waals surface area contributed by atoms with Crippen molar-refractivity contribution in [3.8, 4) is 11.5 Å². The van der Waals surface area contributed by atoms with Crippen molar-refractivity contribution < 1.29 is 57.3 Å². The van der Waals surface area contributed by atoms with Crippen LogP contribution < -0.4 is 14.8 Å². The summed E-state index contributed by atoms with van der Waals surface area (Å²) in [5.74, 6) is -0.723. The molecule has 2 bridgehead atoms. The summed E-state index contributed by atoms with van der Waals surface area (Å²) in [6, 6.07) is 2.31. The number of hydrogen-bond acceptors (Lipinski definition) is 12. The second-order valence-electron chi connectivity index (χ2n) is 19.3. The Labute approximate surface area is 325 Å². The molecule has 2 N–H and O–H groups in total. The molecule has 306 valence electrons. The minimum atomic E-state index is -1.17. The molecule has 5 fully saturated rings. The van der Waals surface area contributed by atoms with Gasteiger partial charge in [-0.15, -0.1) is 0 Å². The van der Waals surface area contributed by atoms with Gasteiger partial charge in [0.2, 0.25) is 0 Å². The van der Waals surface area contributed by atoms with E-state index < -0.39 is 54.2 Å². The number of nitrogens with zero attached hydrogens (tertiary/aromatic N) is 1. The van der Waals surface area contributed by atoms with Crippen LogP contribution in [0.3, 0.4) is 0 Å². The highest BCUT2D eigenvalue weighted by molar-refractivity contribution is 6.45. The molecule has 3 aliphatic carbocycles. The third-order valence-electron chi connectivity index (χ3n) is 11.0. The number of likely N-dealkylation sites (tertiary alicyclic amines) is 1. The van der Waals surface area contributed by atoms with Gasteiger partial charge in [0.25, 0.3) is 0 Å². The van der Waals surface area contributed by atoms with Gasteiger partial charge in [0, 0.05) is 19.6 Å². The first kappa shape index (κ1) is 42.6. The van der Waals surface area contributed by atoms with Crippen molar-refractivity contribution >= 4 is 31.3 Å². The zero-order chi connectivity index (χ0) is 40.9. The lowest BCUT2D eigenvalue weighted by Crippen LogP contribution is -2.65. The molecule has 0 spiro atoms. The number of carboxylic acid groups (broad SMARTS) is 1. The monoisotopic (exact) mass is 772 g/mol. The number of carbonyl (C=O) groups is 4. The first-order valence-electron chi connectivity index (χ1n) is 19.5. The minimum absolute atomic E-state index is 0.0122. The molecular formula is C40H61BN2O12. The predicted molar refractivity (Wildman–Crippen MR) is 203 cm³/mol. The van der Waals surface area contributed by atoms with Crippen LogP contribution in [0.2, 0.25) is 6.32 Å². The third kappa shape index (κ3) is 10.3. The minimum Gasteiger partial charge on any atom is -0.487 e. The molecule has 0 radical (unpaired) electrons. The zero-order valence-electron chi connectivity index (χ0n) is 34.7. The van der Waals surface area contributed by atoms with Gasteiger partial charge in [0.1, 0.15) is 40.3 Å². The maximum atomic E-state index is 14.0. The third-order valence-corrected chi connectivity index (χ3v) is 11.0. The largest absolute Gasteiger partial charge is 0.514 e. The number of aryl methyl sites for hydroxylation is 1. The highest BCUT2D eigenvalue weighted by Crippen LogP contribution is 2.65. The Balaban J connectivity index is 1.32. The van der Waals surface area contributed by atoms with Gasteiger partial charge in [-0.1, -0.05) is 19.9 Å². The van der Waals surface area contributed by atoms with Crippen LogP contribution in [-0.2, 0) is 34.7 Å².